The Morgan fingerprint density at radius 2 is 1.68 bits per heavy atom. The fraction of sp³-hybridized carbons (Fsp3) is 0.351. The molecule has 1 aromatic heterocycles. The Labute approximate surface area is 242 Å². The second kappa shape index (κ2) is 9.64. The van der Waals surface area contributed by atoms with Gasteiger partial charge in [0.1, 0.15) is 0 Å². The molecule has 0 aliphatic carbocycles. The van der Waals surface area contributed by atoms with Crippen molar-refractivity contribution in [3.63, 3.8) is 0 Å². The van der Waals surface area contributed by atoms with Gasteiger partial charge in [0.15, 0.2) is 0 Å². The number of nitrogens with zero attached hydrogens (tertiary/aromatic N) is 2. The van der Waals surface area contributed by atoms with Crippen LogP contribution < -0.4 is 0 Å². The molecule has 0 saturated heterocycles. The molecule has 0 unspecified atom stereocenters. The first-order valence-corrected chi connectivity index (χ1v) is 15.3. The van der Waals surface area contributed by atoms with Crippen LogP contribution in [0.2, 0.25) is 0 Å². The molecule has 0 atom stereocenters. The molecule has 0 fully saturated rings. The van der Waals surface area contributed by atoms with E-state index in [1.807, 2.05) is 31.8 Å². The van der Waals surface area contributed by atoms with E-state index < -0.39 is 5.41 Å². The van der Waals surface area contributed by atoms with E-state index >= 15 is 0 Å². The van der Waals surface area contributed by atoms with Gasteiger partial charge in [-0.15, -0.1) is 0 Å². The molecule has 202 valence electrons. The van der Waals surface area contributed by atoms with Gasteiger partial charge in [-0.1, -0.05) is 82.8 Å². The summed E-state index contributed by atoms with van der Waals surface area (Å²) in [5.41, 5.74) is 6.23. The minimum Gasteiger partial charge on any atom is -0.256 e. The van der Waals surface area contributed by atoms with Gasteiger partial charge >= 0.3 is 0 Å². The molecule has 4 aromatic carbocycles. The van der Waals surface area contributed by atoms with Crippen LogP contribution in [0, 0.1) is 28.1 Å². The third-order valence-electron chi connectivity index (χ3n) is 7.94. The minimum atomic E-state index is -0.428. The lowest BCUT2D eigenvalue weighted by Crippen LogP contribution is -2.12. The van der Waals surface area contributed by atoms with E-state index in [1.165, 1.54) is 64.4 Å². The Morgan fingerprint density at radius 1 is 0.875 bits per heavy atom. The number of fused-ring (bicyclic) bond motifs is 5. The van der Waals surface area contributed by atoms with Crippen LogP contribution in [0.25, 0.3) is 43.6 Å². The van der Waals surface area contributed by atoms with Crippen LogP contribution in [-0.2, 0) is 19.3 Å². The number of pyridine rings is 1. The third kappa shape index (κ3) is 4.77. The number of nitriles is 1. The van der Waals surface area contributed by atoms with Gasteiger partial charge in [0.05, 0.1) is 17.2 Å². The molecule has 1 aliphatic heterocycles. The first-order valence-electron chi connectivity index (χ1n) is 14.5. The highest BCUT2D eigenvalue weighted by molar-refractivity contribution is 8.00. The molecule has 2 heterocycles. The van der Waals surface area contributed by atoms with Gasteiger partial charge in [0.25, 0.3) is 0 Å². The normalized spacial score (nSPS) is 13.3. The number of aromatic nitrogens is 1. The summed E-state index contributed by atoms with van der Waals surface area (Å²) in [5.74, 6) is 0.553. The highest BCUT2D eigenvalue weighted by Crippen LogP contribution is 2.52. The average Bonchev–Trinajstić information content (AvgIpc) is 2.88. The summed E-state index contributed by atoms with van der Waals surface area (Å²) >= 11 is 1.92. The molecule has 0 N–H and O–H groups in total. The van der Waals surface area contributed by atoms with Crippen LogP contribution in [0.1, 0.15) is 65.2 Å². The Balaban J connectivity index is 1.64. The summed E-state index contributed by atoms with van der Waals surface area (Å²) in [5, 5.41) is 17.4. The molecule has 40 heavy (non-hydrogen) atoms. The lowest BCUT2D eigenvalue weighted by molar-refractivity contribution is 0.411. The SMILES string of the molecule is CC(C)Cc1c2c(cc3cc(CC(C)(C)C)ccc13)-c1nccc3c1c(cc1cccc(CC(C)(C)C#N)c13)S2. The van der Waals surface area contributed by atoms with Crippen molar-refractivity contribution in [3.8, 4) is 17.3 Å². The second-order valence-corrected chi connectivity index (χ2v) is 14.9. The number of hydrogen-bond acceptors (Lipinski definition) is 3. The Kier molecular flexibility index (Phi) is 6.47. The van der Waals surface area contributed by atoms with Gasteiger partial charge in [-0.05, 0) is 106 Å². The zero-order valence-corrected chi connectivity index (χ0v) is 25.6. The van der Waals surface area contributed by atoms with Crippen molar-refractivity contribution >= 4 is 44.1 Å². The van der Waals surface area contributed by atoms with Crippen LogP contribution in [0.15, 0.2) is 70.6 Å². The van der Waals surface area contributed by atoms with E-state index in [-0.39, 0.29) is 5.41 Å². The minimum absolute atomic E-state index is 0.240. The molecule has 0 radical (unpaired) electrons. The highest BCUT2D eigenvalue weighted by Gasteiger charge is 2.27. The first kappa shape index (κ1) is 26.9. The van der Waals surface area contributed by atoms with Gasteiger partial charge < -0.3 is 0 Å². The number of benzene rings is 4. The van der Waals surface area contributed by atoms with Crippen LogP contribution in [0.4, 0.5) is 0 Å². The smallest absolute Gasteiger partial charge is 0.0803 e. The second-order valence-electron chi connectivity index (χ2n) is 13.9. The molecular weight excluding hydrogens is 504 g/mol. The van der Waals surface area contributed by atoms with Crippen molar-refractivity contribution in [2.24, 2.45) is 16.7 Å². The zero-order chi connectivity index (χ0) is 28.4. The van der Waals surface area contributed by atoms with Crippen molar-refractivity contribution in [3.05, 3.63) is 77.5 Å². The van der Waals surface area contributed by atoms with Crippen LogP contribution in [0.3, 0.4) is 0 Å². The predicted molar refractivity (Wildman–Crippen MR) is 171 cm³/mol. The molecule has 5 aromatic rings. The quantitative estimate of drug-likeness (QED) is 0.203. The van der Waals surface area contributed by atoms with E-state index in [0.717, 1.165) is 25.0 Å². The van der Waals surface area contributed by atoms with E-state index in [9.17, 15) is 5.26 Å². The van der Waals surface area contributed by atoms with E-state index in [1.54, 1.807) is 0 Å². The van der Waals surface area contributed by atoms with Crippen LogP contribution >= 0.6 is 11.8 Å². The monoisotopic (exact) mass is 542 g/mol. The fourth-order valence-corrected chi connectivity index (χ4v) is 7.69. The molecule has 2 nitrogen and oxygen atoms in total. The van der Waals surface area contributed by atoms with E-state index in [4.69, 9.17) is 4.98 Å². The maximum absolute atomic E-state index is 9.78. The molecule has 3 heteroatoms. The first-order chi connectivity index (χ1) is 18.9. The van der Waals surface area contributed by atoms with Crippen molar-refractivity contribution < 1.29 is 0 Å². The molecule has 0 saturated carbocycles. The van der Waals surface area contributed by atoms with Crippen molar-refractivity contribution in [1.82, 2.24) is 4.98 Å². The Bertz CT molecular complexity index is 1850. The van der Waals surface area contributed by atoms with Gasteiger partial charge in [0.2, 0.25) is 0 Å². The van der Waals surface area contributed by atoms with Gasteiger partial charge in [-0.25, -0.2) is 0 Å². The van der Waals surface area contributed by atoms with E-state index in [0.29, 0.717) is 5.92 Å². The molecule has 1 aliphatic rings. The summed E-state index contributed by atoms with van der Waals surface area (Å²) in [4.78, 5) is 7.69. The average molecular weight is 543 g/mol. The zero-order valence-electron chi connectivity index (χ0n) is 24.8. The lowest BCUT2D eigenvalue weighted by Gasteiger charge is -2.26. The van der Waals surface area contributed by atoms with Crippen LogP contribution in [-0.4, -0.2) is 4.98 Å². The molecule has 0 amide bonds. The van der Waals surface area contributed by atoms with Crippen molar-refractivity contribution in [2.45, 2.75) is 77.5 Å². The van der Waals surface area contributed by atoms with Gasteiger partial charge in [-0.2, -0.15) is 5.26 Å². The van der Waals surface area contributed by atoms with Crippen molar-refractivity contribution in [2.75, 3.05) is 0 Å². The summed E-state index contributed by atoms with van der Waals surface area (Å²) in [6.07, 6.45) is 4.79. The van der Waals surface area contributed by atoms with E-state index in [2.05, 4.69) is 95.3 Å². The molecular formula is C37H38N2S. The third-order valence-corrected chi connectivity index (χ3v) is 9.16. The molecule has 0 bridgehead atoms. The maximum Gasteiger partial charge on any atom is 0.0803 e. The number of rotatable bonds is 5. The van der Waals surface area contributed by atoms with Gasteiger partial charge in [-0.3, -0.25) is 4.98 Å². The largest absolute Gasteiger partial charge is 0.256 e. The summed E-state index contributed by atoms with van der Waals surface area (Å²) in [6.45, 7) is 15.6. The lowest BCUT2D eigenvalue weighted by atomic mass is 9.84. The molecule has 6 rings (SSSR count). The standard InChI is InChI=1S/C37H38N2S/c1-22(2)15-29-27-12-11-23(19-36(3,4)5)16-26(27)17-30-34-33-28(13-14-39-34)32-24(18-31(33)40-35(29)30)9-8-10-25(32)20-37(6,7)21-38/h8-14,16-18,22H,15,19-20H2,1-7H3. The highest BCUT2D eigenvalue weighted by atomic mass is 32.2. The summed E-state index contributed by atoms with van der Waals surface area (Å²) < 4.78 is 0. The topological polar surface area (TPSA) is 36.7 Å². The van der Waals surface area contributed by atoms with Crippen LogP contribution in [0.5, 0.6) is 0 Å². The molecule has 0 spiro atoms. The van der Waals surface area contributed by atoms with Gasteiger partial charge in [0, 0.05) is 26.9 Å². The Hall–Kier alpha value is -3.35. The van der Waals surface area contributed by atoms with Crippen molar-refractivity contribution in [1.29, 1.82) is 5.26 Å². The summed E-state index contributed by atoms with van der Waals surface area (Å²) in [7, 11) is 0. The summed E-state index contributed by atoms with van der Waals surface area (Å²) in [6, 6.07) is 23.1. The Morgan fingerprint density at radius 3 is 2.40 bits per heavy atom. The fourth-order valence-electron chi connectivity index (χ4n) is 6.40. The predicted octanol–water partition coefficient (Wildman–Crippen LogP) is 10.6. The maximum atomic E-state index is 9.78. The number of hydrogen-bond donors (Lipinski definition) is 0.